The van der Waals surface area contributed by atoms with E-state index in [1.807, 2.05) is 32.9 Å². The van der Waals surface area contributed by atoms with E-state index in [9.17, 15) is 9.59 Å². The zero-order chi connectivity index (χ0) is 16.3. The summed E-state index contributed by atoms with van der Waals surface area (Å²) in [5.74, 6) is -0.124. The first-order valence-electron chi connectivity index (χ1n) is 7.24. The van der Waals surface area contributed by atoms with Crippen LogP contribution in [0.15, 0.2) is 36.7 Å². The van der Waals surface area contributed by atoms with E-state index in [4.69, 9.17) is 0 Å². The highest BCUT2D eigenvalue weighted by molar-refractivity contribution is 5.93. The molecule has 0 bridgehead atoms. The first-order valence-corrected chi connectivity index (χ1v) is 7.24. The lowest BCUT2D eigenvalue weighted by molar-refractivity contribution is -0.684. The summed E-state index contributed by atoms with van der Waals surface area (Å²) in [6.45, 7) is 7.69. The Morgan fingerprint density at radius 3 is 2.36 bits per heavy atom. The van der Waals surface area contributed by atoms with Crippen LogP contribution in [0.1, 0.15) is 34.0 Å². The lowest BCUT2D eigenvalue weighted by Crippen LogP contribution is -2.40. The molecule has 0 spiro atoms. The number of carbonyl (C=O) groups is 2. The second kappa shape index (κ2) is 6.52. The largest absolute Gasteiger partial charge is 0.320 e. The van der Waals surface area contributed by atoms with Crippen LogP contribution in [0.3, 0.4) is 0 Å². The van der Waals surface area contributed by atoms with Crippen molar-refractivity contribution >= 4 is 17.4 Å². The average molecular weight is 297 g/mol. The van der Waals surface area contributed by atoms with Crippen molar-refractivity contribution in [1.82, 2.24) is 0 Å². The topological polar surface area (TPSA) is 50.0 Å². The van der Waals surface area contributed by atoms with E-state index in [0.717, 1.165) is 16.8 Å². The summed E-state index contributed by atoms with van der Waals surface area (Å²) in [6, 6.07) is 7.61. The maximum absolute atomic E-state index is 12.2. The van der Waals surface area contributed by atoms with Crippen molar-refractivity contribution in [2.75, 3.05) is 5.32 Å². The van der Waals surface area contributed by atoms with Crippen molar-refractivity contribution in [2.45, 2.75) is 34.2 Å². The predicted molar refractivity (Wildman–Crippen MR) is 85.9 cm³/mol. The molecule has 0 radical (unpaired) electrons. The van der Waals surface area contributed by atoms with Gasteiger partial charge in [0.25, 0.3) is 5.91 Å². The van der Waals surface area contributed by atoms with E-state index in [-0.39, 0.29) is 18.2 Å². The van der Waals surface area contributed by atoms with Gasteiger partial charge in [-0.15, -0.1) is 0 Å². The van der Waals surface area contributed by atoms with Crippen LogP contribution in [0, 0.1) is 20.8 Å². The maximum atomic E-state index is 12.2. The number of hydrogen-bond donors (Lipinski definition) is 1. The summed E-state index contributed by atoms with van der Waals surface area (Å²) in [7, 11) is 0. The molecular weight excluding hydrogens is 276 g/mol. The molecule has 0 aliphatic heterocycles. The number of rotatable bonds is 4. The van der Waals surface area contributed by atoms with Crippen molar-refractivity contribution in [1.29, 1.82) is 0 Å². The number of carbonyl (C=O) groups excluding carboxylic acids is 2. The third kappa shape index (κ3) is 3.79. The van der Waals surface area contributed by atoms with Crippen LogP contribution in [0.5, 0.6) is 0 Å². The fraction of sp³-hybridized carbons (Fsp3) is 0.278. The number of aromatic nitrogens is 1. The smallest absolute Gasteiger partial charge is 0.290 e. The van der Waals surface area contributed by atoms with Crippen LogP contribution >= 0.6 is 0 Å². The summed E-state index contributed by atoms with van der Waals surface area (Å²) in [4.78, 5) is 23.6. The number of Topliss-reactive ketones (excluding diaryl/α,β-unsaturated/α-hetero) is 1. The lowest BCUT2D eigenvalue weighted by atomic mass is 10.1. The molecule has 0 unspecified atom stereocenters. The van der Waals surface area contributed by atoms with Crippen LogP contribution in [0.25, 0.3) is 0 Å². The zero-order valence-electron chi connectivity index (χ0n) is 13.4. The van der Waals surface area contributed by atoms with Crippen LogP contribution in [0.2, 0.25) is 0 Å². The first kappa shape index (κ1) is 15.9. The second-order valence-electron chi connectivity index (χ2n) is 5.64. The molecule has 2 rings (SSSR count). The van der Waals surface area contributed by atoms with Crippen molar-refractivity contribution in [3.05, 3.63) is 58.9 Å². The molecular formula is C18H21N2O2+. The van der Waals surface area contributed by atoms with Crippen LogP contribution in [-0.2, 0) is 11.3 Å². The molecule has 4 nitrogen and oxygen atoms in total. The number of hydrogen-bond acceptors (Lipinski definition) is 2. The van der Waals surface area contributed by atoms with Crippen molar-refractivity contribution in [2.24, 2.45) is 0 Å². The second-order valence-corrected chi connectivity index (χ2v) is 5.64. The maximum Gasteiger partial charge on any atom is 0.290 e. The number of amides is 1. The minimum absolute atomic E-state index is 0.0139. The standard InChI is InChI=1S/C18H20N2O2/c1-12-8-13(2)18(14(3)9-12)19-17(22)11-20-7-5-6-16(10-20)15(4)21/h5-10H,11H2,1-4H3/p+1. The van der Waals surface area contributed by atoms with Crippen LogP contribution in [0.4, 0.5) is 5.69 Å². The van der Waals surface area contributed by atoms with Gasteiger partial charge in [-0.2, -0.15) is 4.57 Å². The Bertz CT molecular complexity index is 713. The summed E-state index contributed by atoms with van der Waals surface area (Å²) < 4.78 is 1.71. The molecule has 0 saturated carbocycles. The summed E-state index contributed by atoms with van der Waals surface area (Å²) in [5, 5.41) is 2.96. The minimum Gasteiger partial charge on any atom is -0.320 e. The van der Waals surface area contributed by atoms with E-state index in [1.54, 1.807) is 29.1 Å². The molecule has 0 aliphatic carbocycles. The van der Waals surface area contributed by atoms with Gasteiger partial charge in [-0.05, 0) is 44.9 Å². The molecule has 0 saturated heterocycles. The number of nitrogens with one attached hydrogen (secondary N) is 1. The number of pyridine rings is 1. The fourth-order valence-electron chi connectivity index (χ4n) is 2.55. The van der Waals surface area contributed by atoms with Crippen molar-refractivity contribution < 1.29 is 14.2 Å². The number of nitrogens with zero attached hydrogens (tertiary/aromatic N) is 1. The van der Waals surface area contributed by atoms with Crippen LogP contribution in [-0.4, -0.2) is 11.7 Å². The first-order chi connectivity index (χ1) is 10.4. The predicted octanol–water partition coefficient (Wildman–Crippen LogP) is 2.74. The number of benzene rings is 1. The summed E-state index contributed by atoms with van der Waals surface area (Å²) in [6.07, 6.45) is 3.47. The highest BCUT2D eigenvalue weighted by atomic mass is 16.2. The average Bonchev–Trinajstić information content (AvgIpc) is 2.43. The Morgan fingerprint density at radius 1 is 1.14 bits per heavy atom. The fourth-order valence-corrected chi connectivity index (χ4v) is 2.55. The van der Waals surface area contributed by atoms with Gasteiger partial charge in [0.2, 0.25) is 6.54 Å². The highest BCUT2D eigenvalue weighted by Gasteiger charge is 2.14. The third-order valence-electron chi connectivity index (χ3n) is 3.53. The molecule has 1 aromatic carbocycles. The summed E-state index contributed by atoms with van der Waals surface area (Å²) >= 11 is 0. The van der Waals surface area contributed by atoms with Gasteiger partial charge in [-0.3, -0.25) is 9.59 Å². The molecule has 1 N–H and O–H groups in total. The molecule has 0 fully saturated rings. The molecule has 4 heteroatoms. The molecule has 1 heterocycles. The summed E-state index contributed by atoms with van der Waals surface area (Å²) in [5.41, 5.74) is 4.73. The van der Waals surface area contributed by atoms with Crippen molar-refractivity contribution in [3.8, 4) is 0 Å². The van der Waals surface area contributed by atoms with E-state index in [0.29, 0.717) is 5.56 Å². The normalized spacial score (nSPS) is 10.4. The van der Waals surface area contributed by atoms with E-state index in [1.165, 1.54) is 12.5 Å². The number of ketones is 1. The molecule has 2 aromatic rings. The SMILES string of the molecule is CC(=O)c1ccc[n+](CC(=O)Nc2c(C)cc(C)cc2C)c1. The highest BCUT2D eigenvalue weighted by Crippen LogP contribution is 2.21. The van der Waals surface area contributed by atoms with Crippen LogP contribution < -0.4 is 9.88 Å². The molecule has 114 valence electrons. The molecule has 1 aromatic heterocycles. The van der Waals surface area contributed by atoms with Gasteiger partial charge in [0.15, 0.2) is 18.2 Å². The van der Waals surface area contributed by atoms with E-state index >= 15 is 0 Å². The van der Waals surface area contributed by atoms with Gasteiger partial charge in [0.1, 0.15) is 0 Å². The number of aryl methyl sites for hydroxylation is 3. The monoisotopic (exact) mass is 297 g/mol. The molecule has 0 atom stereocenters. The quantitative estimate of drug-likeness (QED) is 0.697. The Morgan fingerprint density at radius 2 is 1.77 bits per heavy atom. The van der Waals surface area contributed by atoms with Gasteiger partial charge >= 0.3 is 0 Å². The lowest BCUT2D eigenvalue weighted by Gasteiger charge is -2.11. The van der Waals surface area contributed by atoms with Gasteiger partial charge in [0, 0.05) is 11.8 Å². The molecule has 0 aliphatic rings. The van der Waals surface area contributed by atoms with E-state index in [2.05, 4.69) is 5.32 Å². The Labute approximate surface area is 130 Å². The Kier molecular flexibility index (Phi) is 4.71. The van der Waals surface area contributed by atoms with Gasteiger partial charge < -0.3 is 5.32 Å². The molecule has 1 amide bonds. The Hall–Kier alpha value is -2.49. The third-order valence-corrected chi connectivity index (χ3v) is 3.53. The van der Waals surface area contributed by atoms with Crippen molar-refractivity contribution in [3.63, 3.8) is 0 Å². The molecule has 22 heavy (non-hydrogen) atoms. The minimum atomic E-state index is -0.110. The van der Waals surface area contributed by atoms with E-state index < -0.39 is 0 Å². The van der Waals surface area contributed by atoms with Gasteiger partial charge in [-0.1, -0.05) is 17.7 Å². The Balaban J connectivity index is 2.14. The van der Waals surface area contributed by atoms with Gasteiger partial charge in [0.05, 0.1) is 5.56 Å². The van der Waals surface area contributed by atoms with Gasteiger partial charge in [-0.25, -0.2) is 0 Å². The number of anilines is 1. The zero-order valence-corrected chi connectivity index (χ0v) is 13.4.